The minimum Gasteiger partial charge on any atom is -0.484 e. The van der Waals surface area contributed by atoms with Gasteiger partial charge in [-0.05, 0) is 38.8 Å². The molecule has 1 heterocycles. The molecule has 28 heavy (non-hydrogen) atoms. The number of ether oxygens (including phenoxy) is 1. The van der Waals surface area contributed by atoms with Crippen molar-refractivity contribution in [2.45, 2.75) is 39.9 Å². The fourth-order valence-electron chi connectivity index (χ4n) is 2.67. The second-order valence-electron chi connectivity index (χ2n) is 6.42. The van der Waals surface area contributed by atoms with Gasteiger partial charge in [-0.2, -0.15) is 13.2 Å². The van der Waals surface area contributed by atoms with Crippen LogP contribution in [0.3, 0.4) is 0 Å². The summed E-state index contributed by atoms with van der Waals surface area (Å²) in [4.78, 5) is 4.13. The topological polar surface area (TPSA) is 71.7 Å². The van der Waals surface area contributed by atoms with Gasteiger partial charge < -0.3 is 19.9 Å². The molecule has 0 atom stereocenters. The molecule has 154 valence electrons. The van der Waals surface area contributed by atoms with Gasteiger partial charge in [-0.25, -0.2) is 0 Å². The fraction of sp³-hybridized carbons (Fsp3) is 0.474. The number of alkyl halides is 3. The van der Waals surface area contributed by atoms with E-state index in [1.54, 1.807) is 26.1 Å². The molecule has 0 aliphatic rings. The molecule has 1 aromatic heterocycles. The number of aromatic nitrogens is 1. The third-order valence-electron chi connectivity index (χ3n) is 4.13. The number of hydrogen-bond donors (Lipinski definition) is 2. The number of aryl methyl sites for hydroxylation is 3. The number of halogens is 3. The Bertz CT molecular complexity index is 796. The SMILES string of the molecule is CN=C(NCCc1c(C)noc1C)NCc1ccc(C)cc1OCC(F)(F)F. The number of rotatable bonds is 7. The molecule has 6 nitrogen and oxygen atoms in total. The van der Waals surface area contributed by atoms with E-state index in [2.05, 4.69) is 20.8 Å². The van der Waals surface area contributed by atoms with Crippen molar-refractivity contribution < 1.29 is 22.4 Å². The third kappa shape index (κ3) is 6.47. The van der Waals surface area contributed by atoms with Crippen LogP contribution in [0.15, 0.2) is 27.7 Å². The first-order valence-electron chi connectivity index (χ1n) is 8.85. The zero-order valence-corrected chi connectivity index (χ0v) is 16.4. The highest BCUT2D eigenvalue weighted by Gasteiger charge is 2.28. The number of guanidine groups is 1. The minimum atomic E-state index is -4.38. The summed E-state index contributed by atoms with van der Waals surface area (Å²) in [6, 6.07) is 5.16. The van der Waals surface area contributed by atoms with Gasteiger partial charge in [-0.15, -0.1) is 0 Å². The van der Waals surface area contributed by atoms with Crippen LogP contribution in [-0.4, -0.2) is 37.5 Å². The number of hydrogen-bond acceptors (Lipinski definition) is 4. The van der Waals surface area contributed by atoms with Crippen molar-refractivity contribution >= 4 is 5.96 Å². The van der Waals surface area contributed by atoms with Crippen molar-refractivity contribution in [3.8, 4) is 5.75 Å². The zero-order chi connectivity index (χ0) is 20.7. The molecule has 0 amide bonds. The molecule has 2 aromatic rings. The van der Waals surface area contributed by atoms with Crippen LogP contribution in [0.1, 0.15) is 28.1 Å². The Kier molecular flexibility index (Phi) is 7.31. The first kappa shape index (κ1) is 21.6. The van der Waals surface area contributed by atoms with Crippen LogP contribution >= 0.6 is 0 Å². The van der Waals surface area contributed by atoms with Gasteiger partial charge in [0.1, 0.15) is 11.5 Å². The molecule has 0 aliphatic heterocycles. The fourth-order valence-corrected chi connectivity index (χ4v) is 2.67. The van der Waals surface area contributed by atoms with Gasteiger partial charge in [0.05, 0.1) is 5.69 Å². The summed E-state index contributed by atoms with van der Waals surface area (Å²) in [7, 11) is 1.63. The predicted octanol–water partition coefficient (Wildman–Crippen LogP) is 3.45. The van der Waals surface area contributed by atoms with Crippen LogP contribution in [-0.2, 0) is 13.0 Å². The van der Waals surface area contributed by atoms with E-state index in [1.807, 2.05) is 19.9 Å². The average molecular weight is 398 g/mol. The lowest BCUT2D eigenvalue weighted by atomic mass is 10.1. The molecule has 2 N–H and O–H groups in total. The van der Waals surface area contributed by atoms with Crippen molar-refractivity contribution in [1.82, 2.24) is 15.8 Å². The Morgan fingerprint density at radius 1 is 1.21 bits per heavy atom. The second-order valence-corrected chi connectivity index (χ2v) is 6.42. The van der Waals surface area contributed by atoms with E-state index in [0.717, 1.165) is 22.6 Å². The standard InChI is InChI=1S/C19H25F3N4O2/c1-12-5-6-15(17(9-12)27-11-19(20,21)22)10-25-18(23-4)24-8-7-16-13(2)26-28-14(16)3/h5-6,9H,7-8,10-11H2,1-4H3,(H2,23,24,25). The van der Waals surface area contributed by atoms with E-state index >= 15 is 0 Å². The predicted molar refractivity (Wildman–Crippen MR) is 101 cm³/mol. The average Bonchev–Trinajstić information content (AvgIpc) is 2.95. The molecule has 2 rings (SSSR count). The summed E-state index contributed by atoms with van der Waals surface area (Å²) < 4.78 is 47.5. The molecular weight excluding hydrogens is 373 g/mol. The summed E-state index contributed by atoms with van der Waals surface area (Å²) in [6.45, 7) is 5.11. The maximum Gasteiger partial charge on any atom is 0.422 e. The lowest BCUT2D eigenvalue weighted by molar-refractivity contribution is -0.153. The van der Waals surface area contributed by atoms with E-state index in [9.17, 15) is 13.2 Å². The Balaban J connectivity index is 1.92. The Morgan fingerprint density at radius 3 is 2.57 bits per heavy atom. The highest BCUT2D eigenvalue weighted by molar-refractivity contribution is 5.79. The van der Waals surface area contributed by atoms with E-state index < -0.39 is 12.8 Å². The molecule has 0 saturated heterocycles. The third-order valence-corrected chi connectivity index (χ3v) is 4.13. The smallest absolute Gasteiger partial charge is 0.422 e. The van der Waals surface area contributed by atoms with Gasteiger partial charge in [0.2, 0.25) is 0 Å². The van der Waals surface area contributed by atoms with Crippen molar-refractivity contribution in [3.63, 3.8) is 0 Å². The molecule has 0 aliphatic carbocycles. The van der Waals surface area contributed by atoms with E-state index in [4.69, 9.17) is 9.26 Å². The Labute approximate surface area is 162 Å². The van der Waals surface area contributed by atoms with Crippen LogP contribution in [0.2, 0.25) is 0 Å². The van der Waals surface area contributed by atoms with Crippen molar-refractivity contribution in [2.24, 2.45) is 4.99 Å². The summed E-state index contributed by atoms with van der Waals surface area (Å²) in [5, 5.41) is 10.2. The summed E-state index contributed by atoms with van der Waals surface area (Å²) in [5.41, 5.74) is 3.34. The van der Waals surface area contributed by atoms with Crippen LogP contribution in [0.5, 0.6) is 5.75 Å². The number of nitrogens with zero attached hydrogens (tertiary/aromatic N) is 2. The molecular formula is C19H25F3N4O2. The number of nitrogens with one attached hydrogen (secondary N) is 2. The monoisotopic (exact) mass is 398 g/mol. The van der Waals surface area contributed by atoms with Crippen LogP contribution in [0, 0.1) is 20.8 Å². The van der Waals surface area contributed by atoms with Gasteiger partial charge >= 0.3 is 6.18 Å². The number of aliphatic imine (C=N–C) groups is 1. The van der Waals surface area contributed by atoms with E-state index in [0.29, 0.717) is 24.5 Å². The molecule has 0 fully saturated rings. The highest BCUT2D eigenvalue weighted by atomic mass is 19.4. The lowest BCUT2D eigenvalue weighted by Crippen LogP contribution is -2.38. The quantitative estimate of drug-likeness (QED) is 0.552. The van der Waals surface area contributed by atoms with Crippen molar-refractivity contribution in [3.05, 3.63) is 46.3 Å². The maximum absolute atomic E-state index is 12.5. The summed E-state index contributed by atoms with van der Waals surface area (Å²) >= 11 is 0. The van der Waals surface area contributed by atoms with Gasteiger partial charge in [0, 0.05) is 31.3 Å². The normalized spacial score (nSPS) is 12.2. The molecule has 9 heteroatoms. The summed E-state index contributed by atoms with van der Waals surface area (Å²) in [5.74, 6) is 1.53. The largest absolute Gasteiger partial charge is 0.484 e. The molecule has 0 saturated carbocycles. The van der Waals surface area contributed by atoms with Crippen molar-refractivity contribution in [1.29, 1.82) is 0 Å². The van der Waals surface area contributed by atoms with Gasteiger partial charge in [0.25, 0.3) is 0 Å². The first-order chi connectivity index (χ1) is 13.2. The molecule has 0 unspecified atom stereocenters. The Hall–Kier alpha value is -2.71. The highest BCUT2D eigenvalue weighted by Crippen LogP contribution is 2.23. The second kappa shape index (κ2) is 9.48. The molecule has 0 spiro atoms. The molecule has 0 radical (unpaired) electrons. The van der Waals surface area contributed by atoms with Crippen LogP contribution in [0.4, 0.5) is 13.2 Å². The lowest BCUT2D eigenvalue weighted by Gasteiger charge is -2.16. The molecule has 0 bridgehead atoms. The zero-order valence-electron chi connectivity index (χ0n) is 16.4. The van der Waals surface area contributed by atoms with Gasteiger partial charge in [-0.3, -0.25) is 4.99 Å². The minimum absolute atomic E-state index is 0.205. The first-order valence-corrected chi connectivity index (χ1v) is 8.85. The Morgan fingerprint density at radius 2 is 1.96 bits per heavy atom. The van der Waals surface area contributed by atoms with Gasteiger partial charge in [0.15, 0.2) is 12.6 Å². The van der Waals surface area contributed by atoms with Crippen LogP contribution < -0.4 is 15.4 Å². The summed E-state index contributed by atoms with van der Waals surface area (Å²) in [6.07, 6.45) is -3.67. The molecule has 1 aromatic carbocycles. The number of benzene rings is 1. The van der Waals surface area contributed by atoms with Crippen LogP contribution in [0.25, 0.3) is 0 Å². The maximum atomic E-state index is 12.5. The van der Waals surface area contributed by atoms with Gasteiger partial charge in [-0.1, -0.05) is 17.3 Å². The van der Waals surface area contributed by atoms with E-state index in [-0.39, 0.29) is 12.3 Å². The van der Waals surface area contributed by atoms with E-state index in [1.165, 1.54) is 0 Å². The van der Waals surface area contributed by atoms with Crippen molar-refractivity contribution in [2.75, 3.05) is 20.2 Å².